The van der Waals surface area contributed by atoms with Gasteiger partial charge in [0.1, 0.15) is 5.82 Å². The van der Waals surface area contributed by atoms with Crippen molar-refractivity contribution < 1.29 is 0 Å². The molecule has 0 amide bonds. The molecule has 0 bridgehead atoms. The minimum Gasteiger partial charge on any atom is -0.350 e. The molecule has 0 unspecified atom stereocenters. The summed E-state index contributed by atoms with van der Waals surface area (Å²) in [6.45, 7) is 0. The minimum atomic E-state index is -0.0295. The molecular formula is C20H17N3O. The highest BCUT2D eigenvalue weighted by molar-refractivity contribution is 5.92. The first-order valence-electron chi connectivity index (χ1n) is 7.83. The molecule has 0 aliphatic carbocycles. The summed E-state index contributed by atoms with van der Waals surface area (Å²) in [4.78, 5) is 17.1. The Balaban J connectivity index is 1.85. The van der Waals surface area contributed by atoms with Crippen molar-refractivity contribution in [3.05, 3.63) is 76.5 Å². The zero-order valence-corrected chi connectivity index (χ0v) is 13.6. The fraction of sp³-hybridized carbons (Fsp3) is 0.100. The molecule has 4 heteroatoms. The predicted molar refractivity (Wildman–Crippen MR) is 98.8 cm³/mol. The van der Waals surface area contributed by atoms with E-state index in [1.807, 2.05) is 55.6 Å². The first kappa shape index (κ1) is 14.5. The summed E-state index contributed by atoms with van der Waals surface area (Å²) in [7, 11) is 3.79. The van der Waals surface area contributed by atoms with Gasteiger partial charge in [-0.3, -0.25) is 9.36 Å². The summed E-state index contributed by atoms with van der Waals surface area (Å²) < 4.78 is 3.69. The Morgan fingerprint density at radius 1 is 0.917 bits per heavy atom. The van der Waals surface area contributed by atoms with E-state index >= 15 is 0 Å². The Kier molecular flexibility index (Phi) is 3.31. The molecule has 2 heterocycles. The Morgan fingerprint density at radius 3 is 2.46 bits per heavy atom. The van der Waals surface area contributed by atoms with E-state index in [-0.39, 0.29) is 5.56 Å². The first-order chi connectivity index (χ1) is 11.6. The number of nitrogens with zero attached hydrogens (tertiary/aromatic N) is 3. The van der Waals surface area contributed by atoms with E-state index in [0.717, 1.165) is 11.1 Å². The van der Waals surface area contributed by atoms with E-state index in [1.165, 1.54) is 10.9 Å². The monoisotopic (exact) mass is 315 g/mol. The number of benzene rings is 2. The molecule has 0 atom stereocenters. The molecule has 118 valence electrons. The largest absolute Gasteiger partial charge is 0.350 e. The second kappa shape index (κ2) is 5.49. The molecule has 2 aromatic carbocycles. The minimum absolute atomic E-state index is 0.0295. The second-order valence-electron chi connectivity index (χ2n) is 5.90. The van der Waals surface area contributed by atoms with Crippen LogP contribution in [-0.4, -0.2) is 14.1 Å². The Bertz CT molecular complexity index is 1150. The number of para-hydroxylation sites is 2. The van der Waals surface area contributed by atoms with Crippen molar-refractivity contribution in [2.75, 3.05) is 0 Å². The maximum atomic E-state index is 12.5. The van der Waals surface area contributed by atoms with Crippen LogP contribution in [0.15, 0.2) is 59.5 Å². The van der Waals surface area contributed by atoms with Crippen LogP contribution in [0.1, 0.15) is 11.4 Å². The second-order valence-corrected chi connectivity index (χ2v) is 5.90. The van der Waals surface area contributed by atoms with Crippen molar-refractivity contribution in [3.63, 3.8) is 0 Å². The van der Waals surface area contributed by atoms with E-state index in [9.17, 15) is 4.79 Å². The third kappa shape index (κ3) is 2.24. The third-order valence-electron chi connectivity index (χ3n) is 4.36. The summed E-state index contributed by atoms with van der Waals surface area (Å²) in [6, 6.07) is 15.7. The lowest BCUT2D eigenvalue weighted by Crippen LogP contribution is -2.20. The van der Waals surface area contributed by atoms with Crippen LogP contribution < -0.4 is 5.56 Å². The Morgan fingerprint density at radius 2 is 1.62 bits per heavy atom. The third-order valence-corrected chi connectivity index (χ3v) is 4.36. The van der Waals surface area contributed by atoms with Crippen LogP contribution in [0.2, 0.25) is 0 Å². The van der Waals surface area contributed by atoms with Gasteiger partial charge >= 0.3 is 0 Å². The molecule has 0 radical (unpaired) electrons. The molecule has 0 saturated carbocycles. The normalized spacial score (nSPS) is 11.8. The molecule has 0 aliphatic rings. The van der Waals surface area contributed by atoms with E-state index in [2.05, 4.69) is 27.9 Å². The fourth-order valence-electron chi connectivity index (χ4n) is 3.05. The lowest BCUT2D eigenvalue weighted by Gasteiger charge is -2.05. The maximum Gasteiger partial charge on any atom is 0.261 e. The van der Waals surface area contributed by atoms with Crippen molar-refractivity contribution in [2.45, 2.75) is 0 Å². The van der Waals surface area contributed by atoms with E-state index in [0.29, 0.717) is 11.2 Å². The quantitative estimate of drug-likeness (QED) is 0.567. The van der Waals surface area contributed by atoms with Gasteiger partial charge in [-0.05, 0) is 30.4 Å². The summed E-state index contributed by atoms with van der Waals surface area (Å²) >= 11 is 0. The lowest BCUT2D eigenvalue weighted by molar-refractivity contribution is 0.828. The van der Waals surface area contributed by atoms with Crippen LogP contribution in [0.4, 0.5) is 0 Å². The molecule has 4 nitrogen and oxygen atoms in total. The number of hydrogen-bond donors (Lipinski definition) is 0. The van der Waals surface area contributed by atoms with Crippen molar-refractivity contribution in [3.8, 4) is 0 Å². The van der Waals surface area contributed by atoms with Gasteiger partial charge in [-0.1, -0.05) is 30.3 Å². The average Bonchev–Trinajstić information content (AvgIpc) is 2.93. The maximum absolute atomic E-state index is 12.5. The van der Waals surface area contributed by atoms with Gasteiger partial charge in [-0.25, -0.2) is 4.98 Å². The van der Waals surface area contributed by atoms with Gasteiger partial charge in [0.05, 0.1) is 10.9 Å². The number of aromatic nitrogens is 3. The molecule has 2 aromatic heterocycles. The van der Waals surface area contributed by atoms with Crippen LogP contribution in [-0.2, 0) is 14.1 Å². The van der Waals surface area contributed by atoms with E-state index in [1.54, 1.807) is 11.6 Å². The smallest absolute Gasteiger partial charge is 0.261 e. The standard InChI is InChI=1S/C20H17N3O/c1-22-13-14(15-7-4-6-10-18(15)22)11-12-19-21-17-9-5-3-8-16(17)20(24)23(19)2/h3-13H,1-2H3. The van der Waals surface area contributed by atoms with Crippen molar-refractivity contribution in [2.24, 2.45) is 14.1 Å². The van der Waals surface area contributed by atoms with Gasteiger partial charge in [-0.15, -0.1) is 0 Å². The van der Waals surface area contributed by atoms with Crippen LogP contribution in [0.5, 0.6) is 0 Å². The Labute approximate surface area is 139 Å². The van der Waals surface area contributed by atoms with Gasteiger partial charge in [0, 0.05) is 36.8 Å². The summed E-state index contributed by atoms with van der Waals surface area (Å²) in [5.41, 5.74) is 2.98. The average molecular weight is 315 g/mol. The van der Waals surface area contributed by atoms with E-state index < -0.39 is 0 Å². The van der Waals surface area contributed by atoms with Crippen LogP contribution in [0.3, 0.4) is 0 Å². The van der Waals surface area contributed by atoms with Gasteiger partial charge in [-0.2, -0.15) is 0 Å². The van der Waals surface area contributed by atoms with E-state index in [4.69, 9.17) is 0 Å². The highest BCUT2D eigenvalue weighted by Crippen LogP contribution is 2.22. The zero-order valence-electron chi connectivity index (χ0n) is 13.6. The van der Waals surface area contributed by atoms with Gasteiger partial charge in [0.15, 0.2) is 0 Å². The molecular weight excluding hydrogens is 298 g/mol. The molecule has 0 fully saturated rings. The molecule has 0 N–H and O–H groups in total. The predicted octanol–water partition coefficient (Wildman–Crippen LogP) is 3.60. The lowest BCUT2D eigenvalue weighted by atomic mass is 10.1. The van der Waals surface area contributed by atoms with Gasteiger partial charge in [0.2, 0.25) is 0 Å². The summed E-state index contributed by atoms with van der Waals surface area (Å²) in [5, 5.41) is 1.82. The first-order valence-corrected chi connectivity index (χ1v) is 7.83. The van der Waals surface area contributed by atoms with Crippen molar-refractivity contribution in [1.82, 2.24) is 14.1 Å². The van der Waals surface area contributed by atoms with Crippen LogP contribution in [0, 0.1) is 0 Å². The number of hydrogen-bond acceptors (Lipinski definition) is 2. The highest BCUT2D eigenvalue weighted by atomic mass is 16.1. The molecule has 0 saturated heterocycles. The van der Waals surface area contributed by atoms with Crippen LogP contribution >= 0.6 is 0 Å². The zero-order chi connectivity index (χ0) is 16.7. The SMILES string of the molecule is Cn1c(C=Cc2cn(C)c3ccccc23)nc2ccccc2c1=O. The Hall–Kier alpha value is -3.14. The molecule has 4 aromatic rings. The number of fused-ring (bicyclic) bond motifs is 2. The molecule has 0 aliphatic heterocycles. The van der Waals surface area contributed by atoms with Gasteiger partial charge in [0.25, 0.3) is 5.56 Å². The highest BCUT2D eigenvalue weighted by Gasteiger charge is 2.06. The molecule has 0 spiro atoms. The molecule has 24 heavy (non-hydrogen) atoms. The van der Waals surface area contributed by atoms with Crippen molar-refractivity contribution >= 4 is 34.0 Å². The fourth-order valence-corrected chi connectivity index (χ4v) is 3.05. The number of rotatable bonds is 2. The molecule has 4 rings (SSSR count). The van der Waals surface area contributed by atoms with Crippen molar-refractivity contribution in [1.29, 1.82) is 0 Å². The van der Waals surface area contributed by atoms with Crippen LogP contribution in [0.25, 0.3) is 34.0 Å². The summed E-state index contributed by atoms with van der Waals surface area (Å²) in [5.74, 6) is 0.645. The number of aryl methyl sites for hydroxylation is 1. The topological polar surface area (TPSA) is 39.8 Å². The van der Waals surface area contributed by atoms with Gasteiger partial charge < -0.3 is 4.57 Å². The summed E-state index contributed by atoms with van der Waals surface area (Å²) in [6.07, 6.45) is 5.99.